The maximum atomic E-state index is 11.8. The molecule has 6 nitrogen and oxygen atoms in total. The maximum Gasteiger partial charge on any atom is 0.321 e. The maximum absolute atomic E-state index is 11.8. The van der Waals surface area contributed by atoms with Crippen LogP contribution in [0.25, 0.3) is 0 Å². The van der Waals surface area contributed by atoms with Gasteiger partial charge in [-0.25, -0.2) is 0 Å². The van der Waals surface area contributed by atoms with Crippen LogP contribution in [-0.4, -0.2) is 33.5 Å². The topological polar surface area (TPSA) is 116 Å². The Morgan fingerprint density at radius 2 is 2.29 bits per heavy atom. The van der Waals surface area contributed by atoms with Crippen LogP contribution in [0, 0.1) is 11.3 Å². The molecule has 0 fully saturated rings. The molecule has 0 aromatic carbocycles. The lowest BCUT2D eigenvalue weighted by Crippen LogP contribution is -2.46. The quantitative estimate of drug-likeness (QED) is 0.704. The number of nitriles is 1. The van der Waals surface area contributed by atoms with Gasteiger partial charge in [-0.1, -0.05) is 0 Å². The molecule has 0 spiro atoms. The minimum absolute atomic E-state index is 0.207. The molecule has 1 rings (SSSR count). The average molecular weight is 327 g/mol. The van der Waals surface area contributed by atoms with Crippen molar-refractivity contribution in [1.82, 2.24) is 0 Å². The number of carbonyl (C=O) groups excluding carboxylic acids is 1. The van der Waals surface area contributed by atoms with Crippen LogP contribution in [0.15, 0.2) is 11.4 Å². The van der Waals surface area contributed by atoms with Crippen LogP contribution in [0.3, 0.4) is 0 Å². The van der Waals surface area contributed by atoms with E-state index in [1.54, 1.807) is 25.3 Å². The lowest BCUT2D eigenvalue weighted by atomic mass is 10.1. The number of nitrogens with one attached hydrogen (secondary N) is 1. The Morgan fingerprint density at radius 3 is 2.86 bits per heavy atom. The predicted octanol–water partition coefficient (Wildman–Crippen LogP) is 1.87. The molecule has 1 amide bonds. The van der Waals surface area contributed by atoms with E-state index < -0.39 is 16.8 Å². The van der Waals surface area contributed by atoms with Crippen molar-refractivity contribution in [2.24, 2.45) is 5.73 Å². The zero-order chi connectivity index (χ0) is 16.0. The number of nitrogens with two attached hydrogens (primary N) is 1. The SMILES string of the molecule is CC(C)(SCCC(=O)Nc1sccc1C#N)[C@@H](N)C(=O)O. The number of amides is 1. The van der Waals surface area contributed by atoms with Gasteiger partial charge in [0.15, 0.2) is 0 Å². The summed E-state index contributed by atoms with van der Waals surface area (Å²) in [6, 6.07) is 2.65. The highest BCUT2D eigenvalue weighted by molar-refractivity contribution is 8.00. The third-order valence-corrected chi connectivity index (χ3v) is 5.09. The first-order valence-corrected chi connectivity index (χ1v) is 8.04. The molecule has 0 radical (unpaired) electrons. The van der Waals surface area contributed by atoms with Gasteiger partial charge >= 0.3 is 5.97 Å². The molecule has 0 saturated carbocycles. The largest absolute Gasteiger partial charge is 0.480 e. The fourth-order valence-corrected chi connectivity index (χ4v) is 3.32. The number of aliphatic carboxylic acids is 1. The average Bonchev–Trinajstić information content (AvgIpc) is 2.84. The van der Waals surface area contributed by atoms with Crippen molar-refractivity contribution in [3.63, 3.8) is 0 Å². The van der Waals surface area contributed by atoms with Crippen molar-refractivity contribution in [2.75, 3.05) is 11.1 Å². The molecule has 0 saturated heterocycles. The summed E-state index contributed by atoms with van der Waals surface area (Å²) in [7, 11) is 0. The minimum atomic E-state index is -1.06. The van der Waals surface area contributed by atoms with Crippen LogP contribution >= 0.6 is 23.1 Å². The standard InChI is InChI=1S/C13H17N3O3S2/c1-13(2,10(15)12(18)19)21-6-4-9(17)16-11-8(7-14)3-5-20-11/h3,5,10H,4,6,15H2,1-2H3,(H,16,17)(H,18,19)/t10-/m0/s1. The second-order valence-electron chi connectivity index (χ2n) is 4.84. The van der Waals surface area contributed by atoms with E-state index in [0.29, 0.717) is 16.3 Å². The molecular formula is C13H17N3O3S2. The molecule has 4 N–H and O–H groups in total. The van der Waals surface area contributed by atoms with E-state index in [1.807, 2.05) is 6.07 Å². The van der Waals surface area contributed by atoms with Crippen molar-refractivity contribution >= 4 is 40.0 Å². The molecule has 0 bridgehead atoms. The summed E-state index contributed by atoms with van der Waals surface area (Å²) < 4.78 is -0.660. The lowest BCUT2D eigenvalue weighted by molar-refractivity contribution is -0.139. The molecular weight excluding hydrogens is 310 g/mol. The number of hydrogen-bond acceptors (Lipinski definition) is 6. The summed E-state index contributed by atoms with van der Waals surface area (Å²) in [5.41, 5.74) is 6.04. The van der Waals surface area contributed by atoms with Crippen molar-refractivity contribution in [3.05, 3.63) is 17.0 Å². The number of carbonyl (C=O) groups is 2. The number of anilines is 1. The highest BCUT2D eigenvalue weighted by atomic mass is 32.2. The molecule has 114 valence electrons. The van der Waals surface area contributed by atoms with E-state index in [1.165, 1.54) is 23.1 Å². The molecule has 1 aromatic rings. The number of thiophene rings is 1. The zero-order valence-electron chi connectivity index (χ0n) is 11.8. The fraction of sp³-hybridized carbons (Fsp3) is 0.462. The van der Waals surface area contributed by atoms with Gasteiger partial charge in [-0.15, -0.1) is 11.3 Å². The molecule has 8 heteroatoms. The first kappa shape index (κ1) is 17.5. The fourth-order valence-electron chi connectivity index (χ4n) is 1.48. The molecule has 0 unspecified atom stereocenters. The highest BCUT2D eigenvalue weighted by Crippen LogP contribution is 2.28. The number of nitrogens with zero attached hydrogens (tertiary/aromatic N) is 1. The van der Waals surface area contributed by atoms with Crippen LogP contribution in [-0.2, 0) is 9.59 Å². The second kappa shape index (κ2) is 7.45. The van der Waals surface area contributed by atoms with Gasteiger partial charge in [0.05, 0.1) is 5.56 Å². The summed E-state index contributed by atoms with van der Waals surface area (Å²) >= 11 is 2.63. The molecule has 0 aliphatic rings. The zero-order valence-corrected chi connectivity index (χ0v) is 13.4. The van der Waals surface area contributed by atoms with Gasteiger partial charge in [0.2, 0.25) is 5.91 Å². The number of rotatable bonds is 7. The Balaban J connectivity index is 2.44. The van der Waals surface area contributed by atoms with Crippen molar-refractivity contribution in [2.45, 2.75) is 31.1 Å². The van der Waals surface area contributed by atoms with Crippen molar-refractivity contribution < 1.29 is 14.7 Å². The van der Waals surface area contributed by atoms with Gasteiger partial charge in [0, 0.05) is 16.9 Å². The number of carboxylic acids is 1. The van der Waals surface area contributed by atoms with Crippen LogP contribution in [0.4, 0.5) is 5.00 Å². The first-order valence-electron chi connectivity index (χ1n) is 6.17. The van der Waals surface area contributed by atoms with Gasteiger partial charge in [-0.3, -0.25) is 9.59 Å². The monoisotopic (exact) mass is 327 g/mol. The third-order valence-electron chi connectivity index (χ3n) is 2.86. The summed E-state index contributed by atoms with van der Waals surface area (Å²) in [4.78, 5) is 22.7. The lowest BCUT2D eigenvalue weighted by Gasteiger charge is -2.27. The normalized spacial score (nSPS) is 12.5. The van der Waals surface area contributed by atoms with Gasteiger partial charge in [-0.2, -0.15) is 17.0 Å². The number of hydrogen-bond donors (Lipinski definition) is 3. The predicted molar refractivity (Wildman–Crippen MR) is 84.4 cm³/mol. The summed E-state index contributed by atoms with van der Waals surface area (Å²) in [5, 5.41) is 22.7. The molecule has 1 atom stereocenters. The van der Waals surface area contributed by atoms with E-state index in [0.717, 1.165) is 0 Å². The third kappa shape index (κ3) is 5.04. The summed E-state index contributed by atoms with van der Waals surface area (Å²) in [6.45, 7) is 3.48. The van der Waals surface area contributed by atoms with E-state index in [4.69, 9.17) is 16.1 Å². The van der Waals surface area contributed by atoms with Crippen molar-refractivity contribution in [3.8, 4) is 6.07 Å². The molecule has 1 aromatic heterocycles. The summed E-state index contributed by atoms with van der Waals surface area (Å²) in [6.07, 6.45) is 0.225. The number of carboxylic acid groups (broad SMARTS) is 1. The van der Waals surface area contributed by atoms with Crippen LogP contribution < -0.4 is 11.1 Å². The molecule has 1 heterocycles. The highest BCUT2D eigenvalue weighted by Gasteiger charge is 2.32. The molecule has 0 aliphatic carbocycles. The van der Waals surface area contributed by atoms with E-state index in [2.05, 4.69) is 5.32 Å². The van der Waals surface area contributed by atoms with Crippen molar-refractivity contribution in [1.29, 1.82) is 5.26 Å². The smallest absolute Gasteiger partial charge is 0.321 e. The Kier molecular flexibility index (Phi) is 6.20. The van der Waals surface area contributed by atoms with Gasteiger partial charge in [0.1, 0.15) is 17.1 Å². The minimum Gasteiger partial charge on any atom is -0.480 e. The number of thioether (sulfide) groups is 1. The molecule has 0 aliphatic heterocycles. The Labute approximate surface area is 131 Å². The van der Waals surface area contributed by atoms with Gasteiger partial charge in [-0.05, 0) is 25.3 Å². The molecule has 21 heavy (non-hydrogen) atoms. The van der Waals surface area contributed by atoms with Gasteiger partial charge in [0.25, 0.3) is 0 Å². The Morgan fingerprint density at radius 1 is 1.62 bits per heavy atom. The van der Waals surface area contributed by atoms with Crippen LogP contribution in [0.1, 0.15) is 25.8 Å². The Bertz CT molecular complexity index is 563. The first-order chi connectivity index (χ1) is 9.77. The van der Waals surface area contributed by atoms with Gasteiger partial charge < -0.3 is 16.2 Å². The van der Waals surface area contributed by atoms with Crippen LogP contribution in [0.2, 0.25) is 0 Å². The van der Waals surface area contributed by atoms with E-state index >= 15 is 0 Å². The Hall–Kier alpha value is -1.56. The summed E-state index contributed by atoms with van der Waals surface area (Å²) in [5.74, 6) is -0.817. The van der Waals surface area contributed by atoms with E-state index in [-0.39, 0.29) is 12.3 Å². The van der Waals surface area contributed by atoms with E-state index in [9.17, 15) is 9.59 Å². The van der Waals surface area contributed by atoms with Crippen LogP contribution in [0.5, 0.6) is 0 Å². The second-order valence-corrected chi connectivity index (χ2v) is 7.51.